The van der Waals surface area contributed by atoms with E-state index in [0.29, 0.717) is 5.11 Å². The molecule has 1 aliphatic heterocycles. The highest BCUT2D eigenvalue weighted by Crippen LogP contribution is 2.42. The summed E-state index contributed by atoms with van der Waals surface area (Å²) >= 11 is 5.88. The maximum absolute atomic E-state index is 5.88. The van der Waals surface area contributed by atoms with Crippen molar-refractivity contribution in [1.82, 2.24) is 14.9 Å². The molecule has 178 valence electrons. The highest BCUT2D eigenvalue weighted by molar-refractivity contribution is 7.80. The molecule has 0 spiro atoms. The lowest BCUT2D eigenvalue weighted by Crippen LogP contribution is -2.30. The number of nitrogens with one attached hydrogen (secondary N) is 1. The Labute approximate surface area is 211 Å². The molecule has 5 rings (SSSR count). The average Bonchev–Trinajstić information content (AvgIpc) is 3.49. The first-order chi connectivity index (χ1) is 17.0. The summed E-state index contributed by atoms with van der Waals surface area (Å²) in [7, 11) is 1.67. The van der Waals surface area contributed by atoms with Gasteiger partial charge in [-0.15, -0.1) is 0 Å². The van der Waals surface area contributed by atoms with Crippen LogP contribution in [0, 0.1) is 0 Å². The normalized spacial score (nSPS) is 17.5. The minimum Gasteiger partial charge on any atom is -0.497 e. The van der Waals surface area contributed by atoms with Crippen molar-refractivity contribution in [3.8, 4) is 17.2 Å². The quantitative estimate of drug-likeness (QED) is 0.332. The van der Waals surface area contributed by atoms with Crippen molar-refractivity contribution in [3.63, 3.8) is 0 Å². The van der Waals surface area contributed by atoms with Crippen LogP contribution in [0.4, 0.5) is 5.69 Å². The Morgan fingerprint density at radius 3 is 2.26 bits per heavy atom. The first kappa shape index (κ1) is 22.9. The van der Waals surface area contributed by atoms with Gasteiger partial charge in [-0.1, -0.05) is 6.07 Å². The predicted octanol–water partition coefficient (Wildman–Crippen LogP) is 5.85. The Bertz CT molecular complexity index is 1290. The van der Waals surface area contributed by atoms with Gasteiger partial charge in [-0.25, -0.2) is 0 Å². The second-order valence-electron chi connectivity index (χ2n) is 8.66. The summed E-state index contributed by atoms with van der Waals surface area (Å²) in [5.41, 5.74) is 4.07. The summed E-state index contributed by atoms with van der Waals surface area (Å²) in [4.78, 5) is 6.83. The molecule has 1 aliphatic rings. The number of hydrogen-bond donors (Lipinski definition) is 1. The van der Waals surface area contributed by atoms with Gasteiger partial charge in [-0.2, -0.15) is 0 Å². The molecule has 3 heterocycles. The van der Waals surface area contributed by atoms with Gasteiger partial charge in [0.2, 0.25) is 0 Å². The van der Waals surface area contributed by atoms with Crippen molar-refractivity contribution in [2.45, 2.75) is 32.0 Å². The van der Waals surface area contributed by atoms with Gasteiger partial charge >= 0.3 is 0 Å². The van der Waals surface area contributed by atoms with Crippen molar-refractivity contribution < 1.29 is 9.47 Å². The molecule has 0 saturated carbocycles. The maximum atomic E-state index is 5.88. The maximum Gasteiger partial charge on any atom is 0.174 e. The molecule has 2 atom stereocenters. The van der Waals surface area contributed by atoms with Gasteiger partial charge in [0.05, 0.1) is 24.9 Å². The highest BCUT2D eigenvalue weighted by Gasteiger charge is 2.42. The van der Waals surface area contributed by atoms with Crippen molar-refractivity contribution in [3.05, 3.63) is 103 Å². The van der Waals surface area contributed by atoms with E-state index in [0.717, 1.165) is 34.3 Å². The largest absolute Gasteiger partial charge is 0.497 e. The number of anilines is 1. The number of thiocarbonyl (C=S) groups is 1. The molecule has 2 aromatic carbocycles. The Morgan fingerprint density at radius 2 is 1.60 bits per heavy atom. The molecule has 1 fully saturated rings. The Balaban J connectivity index is 1.59. The Hall–Kier alpha value is -3.84. The molecule has 0 bridgehead atoms. The molecule has 2 aromatic heterocycles. The molecule has 6 nitrogen and oxygen atoms in total. The van der Waals surface area contributed by atoms with Crippen LogP contribution >= 0.6 is 12.2 Å². The van der Waals surface area contributed by atoms with Gasteiger partial charge in [0.25, 0.3) is 0 Å². The molecule has 0 amide bonds. The molecule has 0 radical (unpaired) electrons. The topological polar surface area (TPSA) is 51.5 Å². The number of ether oxygens (including phenoxy) is 2. The van der Waals surface area contributed by atoms with Gasteiger partial charge in [-0.3, -0.25) is 4.98 Å². The fraction of sp³-hybridized carbons (Fsp3) is 0.214. The van der Waals surface area contributed by atoms with E-state index in [-0.39, 0.29) is 18.2 Å². The van der Waals surface area contributed by atoms with Crippen LogP contribution in [0.25, 0.3) is 5.69 Å². The highest BCUT2D eigenvalue weighted by atomic mass is 32.1. The Morgan fingerprint density at radius 1 is 0.886 bits per heavy atom. The smallest absolute Gasteiger partial charge is 0.174 e. The third-order valence-corrected chi connectivity index (χ3v) is 6.33. The fourth-order valence-corrected chi connectivity index (χ4v) is 4.85. The van der Waals surface area contributed by atoms with Crippen LogP contribution in [-0.2, 0) is 0 Å². The first-order valence-corrected chi connectivity index (χ1v) is 12.0. The predicted molar refractivity (Wildman–Crippen MR) is 142 cm³/mol. The number of hydrogen-bond acceptors (Lipinski definition) is 4. The number of aromatic nitrogens is 2. The monoisotopic (exact) mass is 484 g/mol. The van der Waals surface area contributed by atoms with E-state index in [2.05, 4.69) is 62.4 Å². The van der Waals surface area contributed by atoms with E-state index in [1.165, 1.54) is 0 Å². The lowest BCUT2D eigenvalue weighted by molar-refractivity contribution is 0.242. The summed E-state index contributed by atoms with van der Waals surface area (Å²) in [6.07, 6.45) is 4.01. The summed E-state index contributed by atoms with van der Waals surface area (Å²) in [6.45, 7) is 4.04. The van der Waals surface area contributed by atoms with E-state index in [4.69, 9.17) is 21.7 Å². The lowest BCUT2D eigenvalue weighted by atomic mass is 10.0. The van der Waals surface area contributed by atoms with E-state index in [1.807, 2.05) is 62.5 Å². The molecule has 0 aliphatic carbocycles. The van der Waals surface area contributed by atoms with E-state index in [9.17, 15) is 0 Å². The number of nitrogens with zero attached hydrogens (tertiary/aromatic N) is 3. The van der Waals surface area contributed by atoms with Gasteiger partial charge < -0.3 is 24.3 Å². The second-order valence-corrected chi connectivity index (χ2v) is 9.04. The molecular weight excluding hydrogens is 456 g/mol. The van der Waals surface area contributed by atoms with Crippen LogP contribution in [-0.4, -0.2) is 27.9 Å². The van der Waals surface area contributed by atoms with Crippen molar-refractivity contribution in [2.75, 3.05) is 12.0 Å². The minimum atomic E-state index is -0.123. The third-order valence-electron chi connectivity index (χ3n) is 6.02. The second kappa shape index (κ2) is 9.80. The van der Waals surface area contributed by atoms with Crippen LogP contribution in [0.5, 0.6) is 11.5 Å². The van der Waals surface area contributed by atoms with Crippen LogP contribution < -0.4 is 19.7 Å². The van der Waals surface area contributed by atoms with Gasteiger partial charge in [-0.05, 0) is 98.9 Å². The zero-order chi connectivity index (χ0) is 24.4. The average molecular weight is 485 g/mol. The minimum absolute atomic E-state index is 0.115. The van der Waals surface area contributed by atoms with E-state index in [1.54, 1.807) is 7.11 Å². The van der Waals surface area contributed by atoms with Crippen LogP contribution in [0.15, 0.2) is 91.3 Å². The van der Waals surface area contributed by atoms with Crippen molar-refractivity contribution in [1.29, 1.82) is 0 Å². The van der Waals surface area contributed by atoms with Crippen LogP contribution in [0.1, 0.15) is 37.3 Å². The van der Waals surface area contributed by atoms with Gasteiger partial charge in [0.1, 0.15) is 17.5 Å². The zero-order valence-corrected chi connectivity index (χ0v) is 20.8. The van der Waals surface area contributed by atoms with Crippen molar-refractivity contribution >= 4 is 23.0 Å². The molecule has 4 aromatic rings. The molecule has 1 saturated heterocycles. The number of benzene rings is 2. The Kier molecular flexibility index (Phi) is 6.42. The summed E-state index contributed by atoms with van der Waals surface area (Å²) < 4.78 is 13.4. The standard InChI is InChI=1S/C28H28N4O2S/c1-19(2)34-23-15-11-21(12-16-23)32-27(26(30-28(32)35)24-7-4-5-17-29-24)25-8-6-18-31(25)20-9-13-22(33-3)14-10-20/h4-19,26-27H,1-3H3,(H,30,35)/t26-,27+/m0/s1. The fourth-order valence-electron chi connectivity index (χ4n) is 4.50. The molecule has 1 N–H and O–H groups in total. The first-order valence-electron chi connectivity index (χ1n) is 11.6. The molecule has 35 heavy (non-hydrogen) atoms. The van der Waals surface area contributed by atoms with E-state index >= 15 is 0 Å². The molecular formula is C28H28N4O2S. The number of pyridine rings is 1. The summed E-state index contributed by atoms with van der Waals surface area (Å²) in [5, 5.41) is 4.19. The van der Waals surface area contributed by atoms with Gasteiger partial charge in [0.15, 0.2) is 5.11 Å². The third kappa shape index (κ3) is 4.59. The number of rotatable bonds is 7. The SMILES string of the molecule is COc1ccc(-n2cccc2[C@@H]2[C@H](c3ccccn3)NC(=S)N2c2ccc(OC(C)C)cc2)cc1. The zero-order valence-electron chi connectivity index (χ0n) is 20.0. The van der Waals surface area contributed by atoms with E-state index < -0.39 is 0 Å². The van der Waals surface area contributed by atoms with Crippen LogP contribution in [0.2, 0.25) is 0 Å². The summed E-state index contributed by atoms with van der Waals surface area (Å²) in [6, 6.07) is 26.1. The molecule has 0 unspecified atom stereocenters. The van der Waals surface area contributed by atoms with Gasteiger partial charge in [0, 0.05) is 29.5 Å². The molecule has 7 heteroatoms. The summed E-state index contributed by atoms with van der Waals surface area (Å²) in [5.74, 6) is 1.66. The number of methoxy groups -OCH3 is 1. The lowest BCUT2D eigenvalue weighted by Gasteiger charge is -2.29. The van der Waals surface area contributed by atoms with Crippen molar-refractivity contribution in [2.24, 2.45) is 0 Å². The van der Waals surface area contributed by atoms with Crippen LogP contribution in [0.3, 0.4) is 0 Å².